The Bertz CT molecular complexity index is 312. The highest BCUT2D eigenvalue weighted by molar-refractivity contribution is 7.99. The van der Waals surface area contributed by atoms with Gasteiger partial charge in [-0.15, -0.1) is 0 Å². The molecule has 1 fully saturated rings. The standard InChI is InChI=1S/C14H23NOS/c1-3-8-15-13-6-7-14(11(13)2)17-10-12-5-4-9-16-12/h4-5,9,11,13-15H,3,6-8,10H2,1-2H3. The number of rotatable bonds is 6. The number of nitrogens with one attached hydrogen (secondary N) is 1. The highest BCUT2D eigenvalue weighted by atomic mass is 32.2. The third-order valence-corrected chi connectivity index (χ3v) is 5.20. The average Bonchev–Trinajstić information content (AvgIpc) is 2.95. The maximum absolute atomic E-state index is 5.38. The normalized spacial score (nSPS) is 28.7. The number of thioether (sulfide) groups is 1. The summed E-state index contributed by atoms with van der Waals surface area (Å²) in [4.78, 5) is 0. The summed E-state index contributed by atoms with van der Waals surface area (Å²) < 4.78 is 5.38. The zero-order valence-electron chi connectivity index (χ0n) is 10.8. The van der Waals surface area contributed by atoms with Crippen molar-refractivity contribution in [1.82, 2.24) is 5.32 Å². The van der Waals surface area contributed by atoms with Gasteiger partial charge in [-0.25, -0.2) is 0 Å². The Morgan fingerprint density at radius 3 is 3.06 bits per heavy atom. The van der Waals surface area contributed by atoms with Gasteiger partial charge >= 0.3 is 0 Å². The SMILES string of the molecule is CCCNC1CCC(SCc2ccco2)C1C. The molecule has 1 aromatic heterocycles. The first-order valence-corrected chi connectivity index (χ1v) is 7.73. The Morgan fingerprint density at radius 2 is 2.35 bits per heavy atom. The van der Waals surface area contributed by atoms with Gasteiger partial charge in [-0.1, -0.05) is 13.8 Å². The molecule has 1 N–H and O–H groups in total. The van der Waals surface area contributed by atoms with E-state index in [9.17, 15) is 0 Å². The van der Waals surface area contributed by atoms with Crippen molar-refractivity contribution in [2.75, 3.05) is 6.54 Å². The topological polar surface area (TPSA) is 25.2 Å². The van der Waals surface area contributed by atoms with Crippen molar-refractivity contribution in [2.24, 2.45) is 5.92 Å². The van der Waals surface area contributed by atoms with E-state index in [1.165, 1.54) is 19.3 Å². The van der Waals surface area contributed by atoms with Gasteiger partial charge in [-0.3, -0.25) is 0 Å². The summed E-state index contributed by atoms with van der Waals surface area (Å²) in [5.41, 5.74) is 0. The highest BCUT2D eigenvalue weighted by Crippen LogP contribution is 2.36. The fourth-order valence-corrected chi connectivity index (χ4v) is 3.90. The number of hydrogen-bond acceptors (Lipinski definition) is 3. The second kappa shape index (κ2) is 6.50. The molecule has 2 nitrogen and oxygen atoms in total. The van der Waals surface area contributed by atoms with Gasteiger partial charge < -0.3 is 9.73 Å². The molecule has 3 heteroatoms. The Morgan fingerprint density at radius 1 is 1.47 bits per heavy atom. The van der Waals surface area contributed by atoms with Crippen molar-refractivity contribution < 1.29 is 4.42 Å². The van der Waals surface area contributed by atoms with Gasteiger partial charge in [0.05, 0.1) is 12.0 Å². The Kier molecular flexibility index (Phi) is 4.99. The van der Waals surface area contributed by atoms with Gasteiger partial charge in [0.1, 0.15) is 5.76 Å². The molecular formula is C14H23NOS. The molecule has 1 aliphatic carbocycles. The first-order valence-electron chi connectivity index (χ1n) is 6.68. The molecule has 3 unspecified atom stereocenters. The fourth-order valence-electron chi connectivity index (χ4n) is 2.57. The predicted octanol–water partition coefficient (Wildman–Crippen LogP) is 3.68. The molecule has 0 saturated heterocycles. The van der Waals surface area contributed by atoms with Crippen LogP contribution in [0, 0.1) is 5.92 Å². The number of furan rings is 1. The van der Waals surface area contributed by atoms with E-state index in [-0.39, 0.29) is 0 Å². The summed E-state index contributed by atoms with van der Waals surface area (Å²) in [5.74, 6) is 2.90. The molecule has 1 saturated carbocycles. The van der Waals surface area contributed by atoms with E-state index in [1.54, 1.807) is 6.26 Å². The maximum Gasteiger partial charge on any atom is 0.113 e. The summed E-state index contributed by atoms with van der Waals surface area (Å²) in [6.45, 7) is 5.78. The van der Waals surface area contributed by atoms with Crippen molar-refractivity contribution in [3.8, 4) is 0 Å². The van der Waals surface area contributed by atoms with Crippen LogP contribution in [0.1, 0.15) is 38.9 Å². The van der Waals surface area contributed by atoms with Gasteiger partial charge in [0.25, 0.3) is 0 Å². The van der Waals surface area contributed by atoms with Crippen molar-refractivity contribution in [2.45, 2.75) is 50.2 Å². The summed E-state index contributed by atoms with van der Waals surface area (Å²) >= 11 is 2.05. The minimum absolute atomic E-state index is 0.726. The zero-order valence-corrected chi connectivity index (χ0v) is 11.6. The molecular weight excluding hydrogens is 230 g/mol. The van der Waals surface area contributed by atoms with E-state index in [4.69, 9.17) is 4.42 Å². The average molecular weight is 253 g/mol. The summed E-state index contributed by atoms with van der Waals surface area (Å²) in [7, 11) is 0. The van der Waals surface area contributed by atoms with Crippen molar-refractivity contribution >= 4 is 11.8 Å². The van der Waals surface area contributed by atoms with E-state index < -0.39 is 0 Å². The van der Waals surface area contributed by atoms with Crippen LogP contribution in [0.15, 0.2) is 22.8 Å². The highest BCUT2D eigenvalue weighted by Gasteiger charge is 2.32. The first-order chi connectivity index (χ1) is 8.31. The van der Waals surface area contributed by atoms with Crippen molar-refractivity contribution in [3.05, 3.63) is 24.2 Å². The molecule has 96 valence electrons. The van der Waals surface area contributed by atoms with E-state index in [2.05, 4.69) is 37.0 Å². The lowest BCUT2D eigenvalue weighted by Gasteiger charge is -2.21. The quantitative estimate of drug-likeness (QED) is 0.837. The molecule has 2 rings (SSSR count). The monoisotopic (exact) mass is 253 g/mol. The lowest BCUT2D eigenvalue weighted by Crippen LogP contribution is -2.33. The minimum Gasteiger partial charge on any atom is -0.468 e. The molecule has 1 heterocycles. The summed E-state index contributed by atoms with van der Waals surface area (Å²) in [5, 5.41) is 4.45. The molecule has 0 bridgehead atoms. The van der Waals surface area contributed by atoms with E-state index in [0.29, 0.717) is 0 Å². The molecule has 0 aliphatic heterocycles. The van der Waals surface area contributed by atoms with Crippen LogP contribution in [0.5, 0.6) is 0 Å². The molecule has 3 atom stereocenters. The van der Waals surface area contributed by atoms with Crippen LogP contribution in [0.2, 0.25) is 0 Å². The van der Waals surface area contributed by atoms with Crippen LogP contribution in [0.3, 0.4) is 0 Å². The summed E-state index contributed by atoms with van der Waals surface area (Å²) in [6.07, 6.45) is 5.66. The third-order valence-electron chi connectivity index (χ3n) is 3.66. The van der Waals surface area contributed by atoms with Gasteiger partial charge in [0.15, 0.2) is 0 Å². The van der Waals surface area contributed by atoms with E-state index in [0.717, 1.165) is 35.3 Å². The molecule has 0 spiro atoms. The van der Waals surface area contributed by atoms with Crippen LogP contribution in [0.25, 0.3) is 0 Å². The van der Waals surface area contributed by atoms with E-state index >= 15 is 0 Å². The Hall–Kier alpha value is -0.410. The van der Waals surface area contributed by atoms with Crippen LogP contribution < -0.4 is 5.32 Å². The summed E-state index contributed by atoms with van der Waals surface area (Å²) in [6, 6.07) is 4.77. The van der Waals surface area contributed by atoms with Crippen LogP contribution >= 0.6 is 11.8 Å². The Balaban J connectivity index is 1.75. The third kappa shape index (κ3) is 3.52. The molecule has 0 radical (unpaired) electrons. The molecule has 0 amide bonds. The van der Waals surface area contributed by atoms with Gasteiger partial charge in [-0.2, -0.15) is 11.8 Å². The lowest BCUT2D eigenvalue weighted by molar-refractivity contribution is 0.431. The van der Waals surface area contributed by atoms with Crippen LogP contribution in [-0.4, -0.2) is 17.8 Å². The van der Waals surface area contributed by atoms with Gasteiger partial charge in [0.2, 0.25) is 0 Å². The lowest BCUT2D eigenvalue weighted by atomic mass is 10.1. The van der Waals surface area contributed by atoms with Crippen molar-refractivity contribution in [1.29, 1.82) is 0 Å². The first kappa shape index (κ1) is 13.0. The largest absolute Gasteiger partial charge is 0.468 e. The second-order valence-corrected chi connectivity index (χ2v) is 6.15. The molecule has 1 aliphatic rings. The maximum atomic E-state index is 5.38. The molecule has 0 aromatic carbocycles. The van der Waals surface area contributed by atoms with E-state index in [1.807, 2.05) is 6.07 Å². The zero-order chi connectivity index (χ0) is 12.1. The second-order valence-electron chi connectivity index (χ2n) is 4.93. The van der Waals surface area contributed by atoms with Gasteiger partial charge in [0, 0.05) is 11.3 Å². The Labute approximate surface area is 109 Å². The predicted molar refractivity (Wildman–Crippen MR) is 74.3 cm³/mol. The smallest absolute Gasteiger partial charge is 0.113 e. The van der Waals surface area contributed by atoms with Crippen LogP contribution in [-0.2, 0) is 5.75 Å². The van der Waals surface area contributed by atoms with Crippen LogP contribution in [0.4, 0.5) is 0 Å². The molecule has 1 aromatic rings. The van der Waals surface area contributed by atoms with Gasteiger partial charge in [-0.05, 0) is 43.9 Å². The fraction of sp³-hybridized carbons (Fsp3) is 0.714. The molecule has 17 heavy (non-hydrogen) atoms. The number of hydrogen-bond donors (Lipinski definition) is 1. The van der Waals surface area contributed by atoms with Crippen molar-refractivity contribution in [3.63, 3.8) is 0 Å². The minimum atomic E-state index is 0.726.